The monoisotopic (exact) mass is 320 g/mol. The number of amides is 1. The molecule has 0 radical (unpaired) electrons. The summed E-state index contributed by atoms with van der Waals surface area (Å²) < 4.78 is 0. The summed E-state index contributed by atoms with van der Waals surface area (Å²) in [6.07, 6.45) is 5.87. The fourth-order valence-electron chi connectivity index (χ4n) is 4.09. The highest BCUT2D eigenvalue weighted by Gasteiger charge is 2.58. The van der Waals surface area contributed by atoms with Crippen molar-refractivity contribution >= 4 is 18.3 Å². The van der Waals surface area contributed by atoms with Crippen LogP contribution in [-0.4, -0.2) is 25.5 Å². The van der Waals surface area contributed by atoms with Crippen LogP contribution in [0.3, 0.4) is 0 Å². The molecule has 1 unspecified atom stereocenters. The third-order valence-corrected chi connectivity index (χ3v) is 5.95. The molecule has 2 saturated carbocycles. The predicted octanol–water partition coefficient (Wildman–Crippen LogP) is 2.65. The molecule has 1 spiro atoms. The van der Waals surface area contributed by atoms with Gasteiger partial charge in [0.2, 0.25) is 5.91 Å². The molecule has 0 aromatic heterocycles. The highest BCUT2D eigenvalue weighted by atomic mass is 35.5. The first kappa shape index (κ1) is 15.8. The maximum absolute atomic E-state index is 12.5. The van der Waals surface area contributed by atoms with Crippen LogP contribution in [0.5, 0.6) is 0 Å². The lowest BCUT2D eigenvalue weighted by Crippen LogP contribution is -2.36. The van der Waals surface area contributed by atoms with E-state index in [0.717, 1.165) is 26.1 Å². The summed E-state index contributed by atoms with van der Waals surface area (Å²) in [4.78, 5) is 12.5. The van der Waals surface area contributed by atoms with Gasteiger partial charge in [0.15, 0.2) is 0 Å². The van der Waals surface area contributed by atoms with Gasteiger partial charge in [0, 0.05) is 17.9 Å². The van der Waals surface area contributed by atoms with Crippen LogP contribution < -0.4 is 10.6 Å². The number of carbonyl (C=O) groups is 1. The molecule has 3 nitrogen and oxygen atoms in total. The number of piperidine rings is 1. The second kappa shape index (κ2) is 5.86. The molecular weight excluding hydrogens is 296 g/mol. The van der Waals surface area contributed by atoms with Gasteiger partial charge in [0.1, 0.15) is 0 Å². The number of hydrogen-bond acceptors (Lipinski definition) is 2. The van der Waals surface area contributed by atoms with Crippen LogP contribution in [0.25, 0.3) is 0 Å². The maximum atomic E-state index is 12.5. The zero-order chi connectivity index (χ0) is 14.3. The standard InChI is InChI=1S/C18H24N2O.ClH/c21-16(15-12-17(15)8-10-19-11-9-17)20-13-18(6-7-18)14-4-2-1-3-5-14;/h1-5,15,19H,6-13H2,(H,20,21);1H. The number of nitrogens with one attached hydrogen (secondary N) is 2. The molecule has 2 aliphatic carbocycles. The molecule has 1 aromatic rings. The van der Waals surface area contributed by atoms with Crippen molar-refractivity contribution in [3.8, 4) is 0 Å². The van der Waals surface area contributed by atoms with Crippen molar-refractivity contribution < 1.29 is 4.79 Å². The summed E-state index contributed by atoms with van der Waals surface area (Å²) in [6, 6.07) is 10.7. The summed E-state index contributed by atoms with van der Waals surface area (Å²) in [5, 5.41) is 6.65. The molecule has 0 bridgehead atoms. The van der Waals surface area contributed by atoms with Gasteiger partial charge in [0.05, 0.1) is 0 Å². The van der Waals surface area contributed by atoms with Gasteiger partial charge in [-0.15, -0.1) is 12.4 Å². The van der Waals surface area contributed by atoms with Crippen LogP contribution in [-0.2, 0) is 10.2 Å². The van der Waals surface area contributed by atoms with Crippen molar-refractivity contribution in [1.29, 1.82) is 0 Å². The van der Waals surface area contributed by atoms with Gasteiger partial charge >= 0.3 is 0 Å². The first-order chi connectivity index (χ1) is 10.2. The molecule has 1 atom stereocenters. The summed E-state index contributed by atoms with van der Waals surface area (Å²) in [7, 11) is 0. The molecule has 2 N–H and O–H groups in total. The molecule has 1 heterocycles. The minimum atomic E-state index is 0. The Morgan fingerprint density at radius 2 is 1.82 bits per heavy atom. The van der Waals surface area contributed by atoms with Crippen LogP contribution in [0.2, 0.25) is 0 Å². The zero-order valence-electron chi connectivity index (χ0n) is 12.9. The smallest absolute Gasteiger partial charge is 0.223 e. The predicted molar refractivity (Wildman–Crippen MR) is 90.3 cm³/mol. The fourth-order valence-corrected chi connectivity index (χ4v) is 4.09. The quantitative estimate of drug-likeness (QED) is 0.895. The second-order valence-corrected chi connectivity index (χ2v) is 7.23. The van der Waals surface area contributed by atoms with Crippen molar-refractivity contribution in [2.75, 3.05) is 19.6 Å². The largest absolute Gasteiger partial charge is 0.355 e. The molecular formula is C18H25ClN2O. The van der Waals surface area contributed by atoms with Crippen molar-refractivity contribution in [2.45, 2.75) is 37.5 Å². The Kier molecular flexibility index (Phi) is 4.21. The van der Waals surface area contributed by atoms with Crippen molar-refractivity contribution in [1.82, 2.24) is 10.6 Å². The molecule has 22 heavy (non-hydrogen) atoms. The Bertz CT molecular complexity index is 535. The SMILES string of the molecule is Cl.O=C(NCC1(c2ccccc2)CC1)C1CC12CCNCC2. The average molecular weight is 321 g/mol. The second-order valence-electron chi connectivity index (χ2n) is 7.23. The Morgan fingerprint density at radius 1 is 1.14 bits per heavy atom. The summed E-state index contributed by atoms with van der Waals surface area (Å²) >= 11 is 0. The Hall–Kier alpha value is -1.06. The lowest BCUT2D eigenvalue weighted by Gasteiger charge is -2.23. The van der Waals surface area contributed by atoms with Gasteiger partial charge in [-0.05, 0) is 56.2 Å². The molecule has 120 valence electrons. The molecule has 3 aliphatic rings. The Balaban J connectivity index is 0.00000144. The highest BCUT2D eigenvalue weighted by Crippen LogP contribution is 2.58. The van der Waals surface area contributed by atoms with E-state index < -0.39 is 0 Å². The molecule has 1 amide bonds. The summed E-state index contributed by atoms with van der Waals surface area (Å²) in [6.45, 7) is 2.98. The molecule has 3 fully saturated rings. The molecule has 1 aromatic carbocycles. The van der Waals surface area contributed by atoms with Crippen LogP contribution in [0.4, 0.5) is 0 Å². The van der Waals surface area contributed by atoms with Gasteiger partial charge in [-0.25, -0.2) is 0 Å². The minimum Gasteiger partial charge on any atom is -0.355 e. The van der Waals surface area contributed by atoms with E-state index in [9.17, 15) is 4.79 Å². The first-order valence-electron chi connectivity index (χ1n) is 8.28. The van der Waals surface area contributed by atoms with Gasteiger partial charge < -0.3 is 10.6 Å². The van der Waals surface area contributed by atoms with Crippen LogP contribution in [0, 0.1) is 11.3 Å². The van der Waals surface area contributed by atoms with Gasteiger partial charge in [-0.3, -0.25) is 4.79 Å². The molecule has 4 heteroatoms. The first-order valence-corrected chi connectivity index (χ1v) is 8.28. The molecule has 1 aliphatic heterocycles. The number of hydrogen-bond donors (Lipinski definition) is 2. The van der Waals surface area contributed by atoms with Gasteiger partial charge in [-0.1, -0.05) is 30.3 Å². The number of halogens is 1. The van der Waals surface area contributed by atoms with Crippen molar-refractivity contribution in [2.24, 2.45) is 11.3 Å². The molecule has 1 saturated heterocycles. The van der Waals surface area contributed by atoms with E-state index >= 15 is 0 Å². The topological polar surface area (TPSA) is 41.1 Å². The highest BCUT2D eigenvalue weighted by molar-refractivity contribution is 5.85. The minimum absolute atomic E-state index is 0. The van der Waals surface area contributed by atoms with Crippen molar-refractivity contribution in [3.63, 3.8) is 0 Å². The average Bonchev–Trinajstić information content (AvgIpc) is 3.44. The van der Waals surface area contributed by atoms with E-state index in [-0.39, 0.29) is 23.7 Å². The fraction of sp³-hybridized carbons (Fsp3) is 0.611. The van der Waals surface area contributed by atoms with Crippen LogP contribution in [0.1, 0.15) is 37.7 Å². The zero-order valence-corrected chi connectivity index (χ0v) is 13.8. The summed E-state index contributed by atoms with van der Waals surface area (Å²) in [5.41, 5.74) is 1.96. The third kappa shape index (κ3) is 2.77. The van der Waals surface area contributed by atoms with Crippen LogP contribution in [0.15, 0.2) is 30.3 Å². The lowest BCUT2D eigenvalue weighted by atomic mass is 9.91. The Labute approximate surface area is 138 Å². The van der Waals surface area contributed by atoms with E-state index in [1.807, 2.05) is 0 Å². The van der Waals surface area contributed by atoms with E-state index in [2.05, 4.69) is 41.0 Å². The summed E-state index contributed by atoms with van der Waals surface area (Å²) in [5.74, 6) is 0.588. The van der Waals surface area contributed by atoms with E-state index in [0.29, 0.717) is 11.3 Å². The van der Waals surface area contributed by atoms with Gasteiger partial charge in [0.25, 0.3) is 0 Å². The normalized spacial score (nSPS) is 26.8. The number of carbonyl (C=O) groups excluding carboxylic acids is 1. The maximum Gasteiger partial charge on any atom is 0.223 e. The van der Waals surface area contributed by atoms with Gasteiger partial charge in [-0.2, -0.15) is 0 Å². The number of rotatable bonds is 4. The van der Waals surface area contributed by atoms with Crippen molar-refractivity contribution in [3.05, 3.63) is 35.9 Å². The van der Waals surface area contributed by atoms with E-state index in [1.54, 1.807) is 0 Å². The van der Waals surface area contributed by atoms with E-state index in [1.165, 1.54) is 31.2 Å². The molecule has 4 rings (SSSR count). The third-order valence-electron chi connectivity index (χ3n) is 5.95. The Morgan fingerprint density at radius 3 is 2.45 bits per heavy atom. The number of benzene rings is 1. The van der Waals surface area contributed by atoms with Crippen LogP contribution >= 0.6 is 12.4 Å². The lowest BCUT2D eigenvalue weighted by molar-refractivity contribution is -0.123. The van der Waals surface area contributed by atoms with E-state index in [4.69, 9.17) is 0 Å².